The van der Waals surface area contributed by atoms with E-state index in [0.29, 0.717) is 12.1 Å². The first-order chi connectivity index (χ1) is 8.61. The van der Waals surface area contributed by atoms with E-state index >= 15 is 0 Å². The van der Waals surface area contributed by atoms with Gasteiger partial charge in [0.05, 0.1) is 0 Å². The molecule has 18 heavy (non-hydrogen) atoms. The van der Waals surface area contributed by atoms with E-state index in [1.165, 1.54) is 0 Å². The van der Waals surface area contributed by atoms with E-state index in [1.54, 1.807) is 0 Å². The summed E-state index contributed by atoms with van der Waals surface area (Å²) in [5.74, 6) is 0.149. The zero-order chi connectivity index (χ0) is 13.1. The molecule has 0 unspecified atom stereocenters. The number of hydrogen-bond acceptors (Lipinski definition) is 3. The second-order valence-electron chi connectivity index (χ2n) is 4.13. The van der Waals surface area contributed by atoms with Gasteiger partial charge in [0.15, 0.2) is 5.78 Å². The van der Waals surface area contributed by atoms with Crippen molar-refractivity contribution >= 4 is 24.1 Å². The van der Waals surface area contributed by atoms with Crippen molar-refractivity contribution < 1.29 is 4.79 Å². The topological polar surface area (TPSA) is 43.1 Å². The predicted molar refractivity (Wildman–Crippen MR) is 78.2 cm³/mol. The van der Waals surface area contributed by atoms with E-state index < -0.39 is 0 Å². The van der Waals surface area contributed by atoms with Gasteiger partial charge in [-0.2, -0.15) is 0 Å². The molecule has 0 aliphatic carbocycles. The summed E-state index contributed by atoms with van der Waals surface area (Å²) in [7, 11) is 0. The van der Waals surface area contributed by atoms with Crippen molar-refractivity contribution in [3.8, 4) is 11.1 Å². The van der Waals surface area contributed by atoms with Crippen LogP contribution in [0, 0.1) is 0 Å². The van der Waals surface area contributed by atoms with Gasteiger partial charge in [0.2, 0.25) is 0 Å². The maximum atomic E-state index is 11.7. The van der Waals surface area contributed by atoms with Gasteiger partial charge in [0, 0.05) is 22.6 Å². The van der Waals surface area contributed by atoms with Gasteiger partial charge in [-0.25, -0.2) is 0 Å². The first-order valence-electron chi connectivity index (χ1n) is 5.84. The smallest absolute Gasteiger partial charge is 0.162 e. The Bertz CT molecular complexity index is 593. The second-order valence-corrected chi connectivity index (χ2v) is 4.61. The fourth-order valence-electron chi connectivity index (χ4n) is 1.81. The van der Waals surface area contributed by atoms with Crippen LogP contribution in [0.1, 0.15) is 23.7 Å². The molecule has 0 aliphatic rings. The molecule has 2 aromatic rings. The lowest BCUT2D eigenvalue weighted by atomic mass is 10.0. The summed E-state index contributed by atoms with van der Waals surface area (Å²) in [5.41, 5.74) is 9.21. The van der Waals surface area contributed by atoms with E-state index in [2.05, 4.69) is 12.6 Å². The Balaban J connectivity index is 2.44. The van der Waals surface area contributed by atoms with E-state index in [-0.39, 0.29) is 5.78 Å². The lowest BCUT2D eigenvalue weighted by molar-refractivity contribution is 0.0988. The minimum atomic E-state index is 0.149. The number of nitrogen functional groups attached to an aromatic ring is 1. The first-order valence-corrected chi connectivity index (χ1v) is 6.28. The Morgan fingerprint density at radius 3 is 2.56 bits per heavy atom. The summed E-state index contributed by atoms with van der Waals surface area (Å²) >= 11 is 4.25. The number of Topliss-reactive ketones (excluding diaryl/α,β-unsaturated/α-hetero) is 1. The van der Waals surface area contributed by atoms with Gasteiger partial charge in [-0.3, -0.25) is 4.79 Å². The monoisotopic (exact) mass is 257 g/mol. The molecule has 0 aliphatic heterocycles. The van der Waals surface area contributed by atoms with E-state index in [1.807, 2.05) is 49.4 Å². The van der Waals surface area contributed by atoms with E-state index in [4.69, 9.17) is 5.73 Å². The van der Waals surface area contributed by atoms with Crippen molar-refractivity contribution in [3.05, 3.63) is 48.0 Å². The van der Waals surface area contributed by atoms with E-state index in [9.17, 15) is 4.79 Å². The normalized spacial score (nSPS) is 10.3. The van der Waals surface area contributed by atoms with Gasteiger partial charge < -0.3 is 5.73 Å². The van der Waals surface area contributed by atoms with Crippen LogP contribution in [-0.4, -0.2) is 5.78 Å². The molecule has 0 aromatic heterocycles. The maximum Gasteiger partial charge on any atom is 0.162 e. The van der Waals surface area contributed by atoms with Gasteiger partial charge in [0.1, 0.15) is 0 Å². The zero-order valence-corrected chi connectivity index (χ0v) is 11.1. The fourth-order valence-corrected chi connectivity index (χ4v) is 1.95. The molecule has 2 rings (SSSR count). The lowest BCUT2D eigenvalue weighted by Gasteiger charge is -2.06. The summed E-state index contributed by atoms with van der Waals surface area (Å²) in [5, 5.41) is 0. The molecule has 0 spiro atoms. The van der Waals surface area contributed by atoms with Crippen LogP contribution in [-0.2, 0) is 0 Å². The molecule has 2 N–H and O–H groups in total. The highest BCUT2D eigenvalue weighted by Crippen LogP contribution is 2.26. The molecule has 0 saturated carbocycles. The molecule has 0 bridgehead atoms. The van der Waals surface area contributed by atoms with Crippen LogP contribution in [0.25, 0.3) is 11.1 Å². The molecule has 0 saturated heterocycles. The number of nitrogens with two attached hydrogens (primary N) is 1. The van der Waals surface area contributed by atoms with Crippen LogP contribution >= 0.6 is 12.6 Å². The first kappa shape index (κ1) is 12.7. The number of ketones is 1. The highest BCUT2D eigenvalue weighted by molar-refractivity contribution is 7.80. The number of benzene rings is 2. The van der Waals surface area contributed by atoms with Crippen molar-refractivity contribution in [3.63, 3.8) is 0 Å². The molecule has 92 valence electrons. The third kappa shape index (κ3) is 2.57. The van der Waals surface area contributed by atoms with Gasteiger partial charge in [-0.05, 0) is 29.3 Å². The molecular formula is C15H15NOS. The fraction of sp³-hybridized carbons (Fsp3) is 0.133. The van der Waals surface area contributed by atoms with Crippen LogP contribution in [0.2, 0.25) is 0 Å². The van der Waals surface area contributed by atoms with Gasteiger partial charge >= 0.3 is 0 Å². The van der Waals surface area contributed by atoms with Crippen molar-refractivity contribution in [2.24, 2.45) is 0 Å². The summed E-state index contributed by atoms with van der Waals surface area (Å²) in [6, 6.07) is 13.3. The quantitative estimate of drug-likeness (QED) is 0.499. The minimum absolute atomic E-state index is 0.149. The Kier molecular flexibility index (Phi) is 3.72. The van der Waals surface area contributed by atoms with Crippen molar-refractivity contribution in [2.45, 2.75) is 18.2 Å². The number of hydrogen-bond donors (Lipinski definition) is 2. The molecule has 2 nitrogen and oxygen atoms in total. The van der Waals surface area contributed by atoms with Crippen LogP contribution in [0.3, 0.4) is 0 Å². The molecule has 0 radical (unpaired) electrons. The standard InChI is InChI=1S/C15H15NOS/c1-2-14(17)12-5-3-4-10(8-12)11-6-7-15(18)13(16)9-11/h3-9,18H,2,16H2,1H3. The van der Waals surface area contributed by atoms with Crippen LogP contribution < -0.4 is 5.73 Å². The lowest BCUT2D eigenvalue weighted by Crippen LogP contribution is -1.96. The third-order valence-electron chi connectivity index (χ3n) is 2.87. The Morgan fingerprint density at radius 2 is 1.89 bits per heavy atom. The number of carbonyl (C=O) groups is 1. The predicted octanol–water partition coefficient (Wildman–Crippen LogP) is 3.82. The average molecular weight is 257 g/mol. The Morgan fingerprint density at radius 1 is 1.17 bits per heavy atom. The number of anilines is 1. The average Bonchev–Trinajstić information content (AvgIpc) is 2.41. The summed E-state index contributed by atoms with van der Waals surface area (Å²) in [6.07, 6.45) is 0.515. The zero-order valence-electron chi connectivity index (χ0n) is 10.2. The molecule has 0 atom stereocenters. The van der Waals surface area contributed by atoms with Gasteiger partial charge in [0.25, 0.3) is 0 Å². The molecule has 3 heteroatoms. The molecular weight excluding hydrogens is 242 g/mol. The van der Waals surface area contributed by atoms with Gasteiger partial charge in [-0.15, -0.1) is 12.6 Å². The number of carbonyl (C=O) groups excluding carboxylic acids is 1. The molecule has 2 aromatic carbocycles. The van der Waals surface area contributed by atoms with Crippen molar-refractivity contribution in [2.75, 3.05) is 5.73 Å². The third-order valence-corrected chi connectivity index (χ3v) is 3.27. The maximum absolute atomic E-state index is 11.7. The number of rotatable bonds is 3. The highest BCUT2D eigenvalue weighted by Gasteiger charge is 2.06. The minimum Gasteiger partial charge on any atom is -0.398 e. The van der Waals surface area contributed by atoms with Gasteiger partial charge in [-0.1, -0.05) is 31.2 Å². The van der Waals surface area contributed by atoms with E-state index in [0.717, 1.165) is 21.6 Å². The summed E-state index contributed by atoms with van der Waals surface area (Å²) in [4.78, 5) is 12.4. The van der Waals surface area contributed by atoms with Crippen LogP contribution in [0.5, 0.6) is 0 Å². The molecule has 0 fully saturated rings. The Labute approximate surface area is 112 Å². The number of thiol groups is 1. The second kappa shape index (κ2) is 5.27. The molecule has 0 amide bonds. The highest BCUT2D eigenvalue weighted by atomic mass is 32.1. The van der Waals surface area contributed by atoms with Crippen LogP contribution in [0.15, 0.2) is 47.4 Å². The van der Waals surface area contributed by atoms with Crippen molar-refractivity contribution in [1.82, 2.24) is 0 Å². The molecule has 0 heterocycles. The largest absolute Gasteiger partial charge is 0.398 e. The summed E-state index contributed by atoms with van der Waals surface area (Å²) < 4.78 is 0. The Hall–Kier alpha value is -1.74. The SMILES string of the molecule is CCC(=O)c1cccc(-c2ccc(S)c(N)c2)c1. The van der Waals surface area contributed by atoms with Crippen LogP contribution in [0.4, 0.5) is 5.69 Å². The van der Waals surface area contributed by atoms with Crippen molar-refractivity contribution in [1.29, 1.82) is 0 Å². The summed E-state index contributed by atoms with van der Waals surface area (Å²) in [6.45, 7) is 1.86.